The van der Waals surface area contributed by atoms with Crippen LogP contribution >= 0.6 is 0 Å². The summed E-state index contributed by atoms with van der Waals surface area (Å²) in [7, 11) is 0. The summed E-state index contributed by atoms with van der Waals surface area (Å²) in [5.74, 6) is -1.44. The summed E-state index contributed by atoms with van der Waals surface area (Å²) in [5, 5.41) is 2.66. The van der Waals surface area contributed by atoms with Crippen LogP contribution in [0.25, 0.3) is 6.08 Å². The molecule has 1 heterocycles. The van der Waals surface area contributed by atoms with Crippen molar-refractivity contribution in [2.24, 2.45) is 0 Å². The van der Waals surface area contributed by atoms with Gasteiger partial charge in [0.15, 0.2) is 0 Å². The minimum Gasteiger partial charge on any atom is -0.379 e. The molecule has 4 nitrogen and oxygen atoms in total. The fourth-order valence-electron chi connectivity index (χ4n) is 2.40. The second-order valence-corrected chi connectivity index (χ2v) is 5.67. The maximum Gasteiger partial charge on any atom is 0.416 e. The van der Waals surface area contributed by atoms with Crippen molar-refractivity contribution in [2.75, 3.05) is 39.4 Å². The number of halogens is 4. The predicted molar refractivity (Wildman–Crippen MR) is 85.3 cm³/mol. The molecular formula is C17H20F4N2O2. The zero-order valence-corrected chi connectivity index (χ0v) is 13.6. The second-order valence-electron chi connectivity index (χ2n) is 5.67. The molecule has 0 spiro atoms. The smallest absolute Gasteiger partial charge is 0.379 e. The van der Waals surface area contributed by atoms with Crippen LogP contribution in [-0.2, 0) is 15.7 Å². The molecule has 25 heavy (non-hydrogen) atoms. The number of morpholine rings is 1. The third kappa shape index (κ3) is 6.47. The first-order valence-corrected chi connectivity index (χ1v) is 7.99. The van der Waals surface area contributed by atoms with Crippen LogP contribution in [0.1, 0.15) is 17.5 Å². The number of nitrogens with one attached hydrogen (secondary N) is 1. The van der Waals surface area contributed by atoms with Crippen molar-refractivity contribution in [3.05, 3.63) is 41.2 Å². The average molecular weight is 360 g/mol. The zero-order chi connectivity index (χ0) is 18.3. The van der Waals surface area contributed by atoms with E-state index in [-0.39, 0.29) is 5.56 Å². The van der Waals surface area contributed by atoms with Gasteiger partial charge in [-0.2, -0.15) is 13.2 Å². The van der Waals surface area contributed by atoms with Gasteiger partial charge in [0.05, 0.1) is 18.8 Å². The molecule has 1 fully saturated rings. The van der Waals surface area contributed by atoms with E-state index in [4.69, 9.17) is 4.74 Å². The molecule has 1 N–H and O–H groups in total. The quantitative estimate of drug-likeness (QED) is 0.482. The van der Waals surface area contributed by atoms with Crippen LogP contribution < -0.4 is 5.32 Å². The Kier molecular flexibility index (Phi) is 6.95. The van der Waals surface area contributed by atoms with Gasteiger partial charge in [0, 0.05) is 31.3 Å². The number of hydrogen-bond donors (Lipinski definition) is 1. The minimum atomic E-state index is -4.60. The monoisotopic (exact) mass is 360 g/mol. The van der Waals surface area contributed by atoms with E-state index in [1.807, 2.05) is 0 Å². The van der Waals surface area contributed by atoms with Crippen molar-refractivity contribution in [2.45, 2.75) is 12.6 Å². The summed E-state index contributed by atoms with van der Waals surface area (Å²) in [6, 6.07) is 2.20. The van der Waals surface area contributed by atoms with Crippen molar-refractivity contribution < 1.29 is 27.1 Å². The molecule has 0 bridgehead atoms. The third-order valence-electron chi connectivity index (χ3n) is 3.80. The lowest BCUT2D eigenvalue weighted by atomic mass is 10.1. The van der Waals surface area contributed by atoms with E-state index in [1.165, 1.54) is 0 Å². The summed E-state index contributed by atoms with van der Waals surface area (Å²) in [6.07, 6.45) is -1.55. The fourth-order valence-corrected chi connectivity index (χ4v) is 2.40. The minimum absolute atomic E-state index is 0.0727. The van der Waals surface area contributed by atoms with Gasteiger partial charge in [0.2, 0.25) is 5.91 Å². The molecule has 0 atom stereocenters. The normalized spacial score (nSPS) is 16.3. The van der Waals surface area contributed by atoms with Crippen LogP contribution in [0.15, 0.2) is 24.3 Å². The molecule has 0 radical (unpaired) electrons. The molecule has 1 saturated heterocycles. The first-order chi connectivity index (χ1) is 11.9. The molecule has 1 amide bonds. The summed E-state index contributed by atoms with van der Waals surface area (Å²) in [6.45, 7) is 4.50. The molecule has 0 saturated carbocycles. The molecule has 0 unspecified atom stereocenters. The highest BCUT2D eigenvalue weighted by Crippen LogP contribution is 2.30. The molecule has 0 aliphatic carbocycles. The number of benzene rings is 1. The van der Waals surface area contributed by atoms with Crippen molar-refractivity contribution in [1.82, 2.24) is 10.2 Å². The first-order valence-electron chi connectivity index (χ1n) is 7.99. The number of ether oxygens (including phenoxy) is 1. The van der Waals surface area contributed by atoms with Crippen molar-refractivity contribution in [3.63, 3.8) is 0 Å². The number of alkyl halides is 3. The molecular weight excluding hydrogens is 340 g/mol. The van der Waals surface area contributed by atoms with Crippen LogP contribution in [0.3, 0.4) is 0 Å². The van der Waals surface area contributed by atoms with E-state index >= 15 is 0 Å². The second kappa shape index (κ2) is 8.96. The van der Waals surface area contributed by atoms with E-state index in [0.29, 0.717) is 25.8 Å². The Morgan fingerprint density at radius 2 is 2.00 bits per heavy atom. The van der Waals surface area contributed by atoms with Gasteiger partial charge < -0.3 is 10.1 Å². The van der Waals surface area contributed by atoms with Gasteiger partial charge >= 0.3 is 6.18 Å². The van der Waals surface area contributed by atoms with Crippen LogP contribution in [0.4, 0.5) is 17.6 Å². The topological polar surface area (TPSA) is 41.6 Å². The lowest BCUT2D eigenvalue weighted by Gasteiger charge is -2.26. The van der Waals surface area contributed by atoms with Crippen LogP contribution in [-0.4, -0.2) is 50.2 Å². The Balaban J connectivity index is 1.76. The number of amides is 1. The molecule has 1 aromatic rings. The number of hydrogen-bond acceptors (Lipinski definition) is 3. The Morgan fingerprint density at radius 1 is 1.28 bits per heavy atom. The van der Waals surface area contributed by atoms with Crippen molar-refractivity contribution in [1.29, 1.82) is 0 Å². The first kappa shape index (κ1) is 19.4. The highest BCUT2D eigenvalue weighted by atomic mass is 19.4. The molecule has 1 aliphatic rings. The van der Waals surface area contributed by atoms with Crippen LogP contribution in [0.2, 0.25) is 0 Å². The van der Waals surface area contributed by atoms with E-state index in [1.54, 1.807) is 0 Å². The number of nitrogens with zero attached hydrogens (tertiary/aromatic N) is 1. The summed E-state index contributed by atoms with van der Waals surface area (Å²) in [5.41, 5.74) is -1.13. The number of carbonyl (C=O) groups is 1. The van der Waals surface area contributed by atoms with E-state index in [9.17, 15) is 22.4 Å². The van der Waals surface area contributed by atoms with Gasteiger partial charge in [-0.1, -0.05) is 6.07 Å². The molecule has 0 aromatic heterocycles. The summed E-state index contributed by atoms with van der Waals surface area (Å²) in [4.78, 5) is 13.9. The predicted octanol–water partition coefficient (Wildman–Crippen LogP) is 2.70. The zero-order valence-electron chi connectivity index (χ0n) is 13.6. The Morgan fingerprint density at radius 3 is 2.64 bits per heavy atom. The Hall–Kier alpha value is -1.93. The summed E-state index contributed by atoms with van der Waals surface area (Å²) >= 11 is 0. The van der Waals surface area contributed by atoms with Gasteiger partial charge in [-0.05, 0) is 31.2 Å². The van der Waals surface area contributed by atoms with E-state index < -0.39 is 23.5 Å². The average Bonchev–Trinajstić information content (AvgIpc) is 2.57. The van der Waals surface area contributed by atoms with Gasteiger partial charge in [-0.3, -0.25) is 9.69 Å². The number of rotatable bonds is 6. The maximum absolute atomic E-state index is 13.6. The van der Waals surface area contributed by atoms with Gasteiger partial charge in [0.1, 0.15) is 5.82 Å². The largest absolute Gasteiger partial charge is 0.416 e. The Labute approximate surface area is 143 Å². The van der Waals surface area contributed by atoms with E-state index in [0.717, 1.165) is 50.3 Å². The number of carbonyl (C=O) groups excluding carboxylic acids is 1. The van der Waals surface area contributed by atoms with Gasteiger partial charge in [-0.25, -0.2) is 4.39 Å². The van der Waals surface area contributed by atoms with E-state index in [2.05, 4.69) is 10.2 Å². The highest BCUT2D eigenvalue weighted by molar-refractivity contribution is 5.91. The lowest BCUT2D eigenvalue weighted by Crippen LogP contribution is -2.38. The van der Waals surface area contributed by atoms with Gasteiger partial charge in [0.25, 0.3) is 0 Å². The van der Waals surface area contributed by atoms with Gasteiger partial charge in [-0.15, -0.1) is 0 Å². The maximum atomic E-state index is 13.6. The van der Waals surface area contributed by atoms with Crippen LogP contribution in [0.5, 0.6) is 0 Å². The molecule has 8 heteroatoms. The standard InChI is InChI=1S/C17H20F4N2O2/c18-15-12-14(17(19,20)21)4-2-13(15)3-5-16(24)22-6-1-7-23-8-10-25-11-9-23/h2-5,12H,1,6-11H2,(H,22,24). The summed E-state index contributed by atoms with van der Waals surface area (Å²) < 4.78 is 56.3. The molecule has 1 aliphatic heterocycles. The Bertz CT molecular complexity index is 611. The molecule has 138 valence electrons. The third-order valence-corrected chi connectivity index (χ3v) is 3.80. The van der Waals surface area contributed by atoms with Crippen molar-refractivity contribution >= 4 is 12.0 Å². The lowest BCUT2D eigenvalue weighted by molar-refractivity contribution is -0.137. The fraction of sp³-hybridized carbons (Fsp3) is 0.471. The molecule has 2 rings (SSSR count). The van der Waals surface area contributed by atoms with Crippen LogP contribution in [0, 0.1) is 5.82 Å². The SMILES string of the molecule is O=C(C=Cc1ccc(C(F)(F)F)cc1F)NCCCN1CCOCC1. The molecule has 1 aromatic carbocycles. The highest BCUT2D eigenvalue weighted by Gasteiger charge is 2.30. The van der Waals surface area contributed by atoms with Crippen molar-refractivity contribution in [3.8, 4) is 0 Å².